The predicted octanol–water partition coefficient (Wildman–Crippen LogP) is 3.12. The number of hydrogen-bond donors (Lipinski definition) is 2. The van der Waals surface area contributed by atoms with Crippen LogP contribution in [0.5, 0.6) is 0 Å². The molecule has 2 N–H and O–H groups in total. The highest BCUT2D eigenvalue weighted by Gasteiger charge is 2.00. The van der Waals surface area contributed by atoms with Gasteiger partial charge in [0.15, 0.2) is 0 Å². The van der Waals surface area contributed by atoms with Gasteiger partial charge in [-0.05, 0) is 25.0 Å². The highest BCUT2D eigenvalue weighted by Crippen LogP contribution is 2.17. The molecular formula is C18H24O3. The van der Waals surface area contributed by atoms with Crippen molar-refractivity contribution in [1.29, 1.82) is 0 Å². The van der Waals surface area contributed by atoms with Crippen LogP contribution in [0.3, 0.4) is 0 Å². The van der Waals surface area contributed by atoms with Crippen LogP contribution in [0.25, 0.3) is 11.1 Å². The SMILES string of the molecule is CC(O)COC(C)CO.c1ccc(-c2ccccc2)cc1. The first-order chi connectivity index (χ1) is 10.1. The lowest BCUT2D eigenvalue weighted by Gasteiger charge is -2.10. The van der Waals surface area contributed by atoms with Crippen molar-refractivity contribution < 1.29 is 14.9 Å². The third-order valence-corrected chi connectivity index (χ3v) is 2.76. The number of aliphatic hydroxyl groups excluding tert-OH is 2. The van der Waals surface area contributed by atoms with Gasteiger partial charge in [0.05, 0.1) is 25.4 Å². The van der Waals surface area contributed by atoms with Crippen molar-refractivity contribution in [3.63, 3.8) is 0 Å². The molecule has 2 aromatic carbocycles. The van der Waals surface area contributed by atoms with E-state index in [9.17, 15) is 0 Å². The molecule has 2 rings (SSSR count). The zero-order chi connectivity index (χ0) is 15.5. The highest BCUT2D eigenvalue weighted by molar-refractivity contribution is 5.62. The molecule has 0 amide bonds. The van der Waals surface area contributed by atoms with E-state index < -0.39 is 6.10 Å². The van der Waals surface area contributed by atoms with E-state index in [0.717, 1.165) is 0 Å². The van der Waals surface area contributed by atoms with Gasteiger partial charge in [0, 0.05) is 0 Å². The van der Waals surface area contributed by atoms with Gasteiger partial charge in [0.1, 0.15) is 0 Å². The van der Waals surface area contributed by atoms with Crippen LogP contribution in [0.2, 0.25) is 0 Å². The molecule has 3 nitrogen and oxygen atoms in total. The first-order valence-electron chi connectivity index (χ1n) is 7.14. The van der Waals surface area contributed by atoms with Crippen molar-refractivity contribution in [2.75, 3.05) is 13.2 Å². The molecule has 2 unspecified atom stereocenters. The molecule has 21 heavy (non-hydrogen) atoms. The maximum absolute atomic E-state index is 8.69. The number of benzene rings is 2. The normalized spacial score (nSPS) is 13.0. The predicted molar refractivity (Wildman–Crippen MR) is 86.1 cm³/mol. The first-order valence-corrected chi connectivity index (χ1v) is 7.14. The second-order valence-corrected chi connectivity index (χ2v) is 4.91. The van der Waals surface area contributed by atoms with Crippen LogP contribution in [0, 0.1) is 0 Å². The third kappa shape index (κ3) is 7.61. The fourth-order valence-electron chi connectivity index (χ4n) is 1.62. The van der Waals surface area contributed by atoms with Crippen molar-refractivity contribution >= 4 is 0 Å². The third-order valence-electron chi connectivity index (χ3n) is 2.76. The monoisotopic (exact) mass is 288 g/mol. The summed E-state index contributed by atoms with van der Waals surface area (Å²) in [6, 6.07) is 20.8. The van der Waals surface area contributed by atoms with Crippen molar-refractivity contribution in [2.45, 2.75) is 26.1 Å². The molecule has 0 heterocycles. The Kier molecular flexibility index (Phi) is 8.36. The number of hydrogen-bond acceptors (Lipinski definition) is 3. The Balaban J connectivity index is 0.000000222. The lowest BCUT2D eigenvalue weighted by molar-refractivity contribution is -0.0177. The number of rotatable bonds is 5. The van der Waals surface area contributed by atoms with Gasteiger partial charge in [0.25, 0.3) is 0 Å². The van der Waals surface area contributed by atoms with Gasteiger partial charge in [-0.15, -0.1) is 0 Å². The molecule has 0 bridgehead atoms. The Morgan fingerprint density at radius 2 is 1.29 bits per heavy atom. The van der Waals surface area contributed by atoms with Crippen LogP contribution in [0.1, 0.15) is 13.8 Å². The molecule has 0 spiro atoms. The molecule has 0 radical (unpaired) electrons. The molecule has 114 valence electrons. The van der Waals surface area contributed by atoms with Gasteiger partial charge in [0.2, 0.25) is 0 Å². The minimum Gasteiger partial charge on any atom is -0.394 e. The van der Waals surface area contributed by atoms with Gasteiger partial charge < -0.3 is 14.9 Å². The summed E-state index contributed by atoms with van der Waals surface area (Å²) in [6.45, 7) is 3.70. The number of ether oxygens (including phenoxy) is 1. The van der Waals surface area contributed by atoms with Crippen LogP contribution in [-0.4, -0.2) is 35.6 Å². The molecule has 0 aliphatic carbocycles. The average Bonchev–Trinajstić information content (AvgIpc) is 2.55. The van der Waals surface area contributed by atoms with Gasteiger partial charge in [-0.25, -0.2) is 0 Å². The molecule has 0 aliphatic rings. The average molecular weight is 288 g/mol. The van der Waals surface area contributed by atoms with Crippen molar-refractivity contribution in [3.05, 3.63) is 60.7 Å². The maximum atomic E-state index is 8.69. The second kappa shape index (κ2) is 10.1. The topological polar surface area (TPSA) is 49.7 Å². The van der Waals surface area contributed by atoms with Crippen LogP contribution < -0.4 is 0 Å². The van der Waals surface area contributed by atoms with Crippen LogP contribution in [0.15, 0.2) is 60.7 Å². The van der Waals surface area contributed by atoms with Gasteiger partial charge >= 0.3 is 0 Å². The summed E-state index contributed by atoms with van der Waals surface area (Å²) in [5.41, 5.74) is 2.55. The van der Waals surface area contributed by atoms with E-state index in [0.29, 0.717) is 6.61 Å². The Labute approximate surface area is 126 Å². The summed E-state index contributed by atoms with van der Waals surface area (Å²) in [7, 11) is 0. The van der Waals surface area contributed by atoms with Gasteiger partial charge in [-0.3, -0.25) is 0 Å². The van der Waals surface area contributed by atoms with E-state index in [-0.39, 0.29) is 12.7 Å². The van der Waals surface area contributed by atoms with E-state index in [2.05, 4.69) is 48.5 Å². The summed E-state index contributed by atoms with van der Waals surface area (Å²) < 4.78 is 4.95. The van der Waals surface area contributed by atoms with E-state index in [1.54, 1.807) is 13.8 Å². The molecule has 0 aliphatic heterocycles. The molecule has 0 fully saturated rings. The fraction of sp³-hybridized carbons (Fsp3) is 0.333. The van der Waals surface area contributed by atoms with E-state index >= 15 is 0 Å². The summed E-state index contributed by atoms with van der Waals surface area (Å²) in [4.78, 5) is 0. The van der Waals surface area contributed by atoms with Crippen LogP contribution in [-0.2, 0) is 4.74 Å². The first kappa shape index (κ1) is 17.4. The quantitative estimate of drug-likeness (QED) is 0.888. The van der Waals surface area contributed by atoms with Crippen molar-refractivity contribution in [2.24, 2.45) is 0 Å². The van der Waals surface area contributed by atoms with Gasteiger partial charge in [-0.1, -0.05) is 60.7 Å². The standard InChI is InChI=1S/C12H10.C6H14O3/c1-3-7-11(8-4-1)12-9-5-2-6-10-12;1-5(8)4-9-6(2)3-7/h1-10H;5-8H,3-4H2,1-2H3. The van der Waals surface area contributed by atoms with Gasteiger partial charge in [-0.2, -0.15) is 0 Å². The Hall–Kier alpha value is -1.68. The zero-order valence-electron chi connectivity index (χ0n) is 12.6. The number of aliphatic hydroxyl groups is 2. The zero-order valence-corrected chi connectivity index (χ0v) is 12.6. The summed E-state index contributed by atoms with van der Waals surface area (Å²) in [5, 5.41) is 17.1. The second-order valence-electron chi connectivity index (χ2n) is 4.91. The lowest BCUT2D eigenvalue weighted by Crippen LogP contribution is -2.19. The smallest absolute Gasteiger partial charge is 0.0779 e. The fourth-order valence-corrected chi connectivity index (χ4v) is 1.62. The molecular weight excluding hydrogens is 264 g/mol. The minimum atomic E-state index is -0.445. The summed E-state index contributed by atoms with van der Waals surface area (Å²) in [5.74, 6) is 0. The highest BCUT2D eigenvalue weighted by atomic mass is 16.5. The Morgan fingerprint density at radius 1 is 0.857 bits per heavy atom. The summed E-state index contributed by atoms with van der Waals surface area (Å²) >= 11 is 0. The molecule has 2 aromatic rings. The van der Waals surface area contributed by atoms with E-state index in [1.807, 2.05) is 12.1 Å². The summed E-state index contributed by atoms with van der Waals surface area (Å²) in [6.07, 6.45) is -0.612. The van der Waals surface area contributed by atoms with Crippen LogP contribution >= 0.6 is 0 Å². The largest absolute Gasteiger partial charge is 0.394 e. The molecule has 0 aromatic heterocycles. The minimum absolute atomic E-state index is 0.00667. The molecule has 0 saturated heterocycles. The van der Waals surface area contributed by atoms with Crippen molar-refractivity contribution in [3.8, 4) is 11.1 Å². The van der Waals surface area contributed by atoms with Crippen molar-refractivity contribution in [1.82, 2.24) is 0 Å². The Bertz CT molecular complexity index is 431. The van der Waals surface area contributed by atoms with E-state index in [4.69, 9.17) is 14.9 Å². The Morgan fingerprint density at radius 3 is 1.62 bits per heavy atom. The molecule has 3 heteroatoms. The molecule has 2 atom stereocenters. The maximum Gasteiger partial charge on any atom is 0.0779 e. The lowest BCUT2D eigenvalue weighted by atomic mass is 10.1. The van der Waals surface area contributed by atoms with E-state index in [1.165, 1.54) is 11.1 Å². The molecule has 0 saturated carbocycles. The van der Waals surface area contributed by atoms with Crippen LogP contribution in [0.4, 0.5) is 0 Å².